The predicted octanol–water partition coefficient (Wildman–Crippen LogP) is 3.15. The Balaban J connectivity index is 2.04. The summed E-state index contributed by atoms with van der Waals surface area (Å²) in [6, 6.07) is 1.73. The summed E-state index contributed by atoms with van der Waals surface area (Å²) in [5.41, 5.74) is 2.81. The average Bonchev–Trinajstić information content (AvgIpc) is 2.79. The zero-order chi connectivity index (χ0) is 12.1. The fraction of sp³-hybridized carbons (Fsp3) is 0.364. The van der Waals surface area contributed by atoms with Gasteiger partial charge in [-0.1, -0.05) is 18.5 Å². The molecule has 0 radical (unpaired) electrons. The van der Waals surface area contributed by atoms with E-state index >= 15 is 0 Å². The smallest absolute Gasteiger partial charge is 0.134 e. The second-order valence-corrected chi connectivity index (χ2v) is 4.68. The Morgan fingerprint density at radius 3 is 3.00 bits per heavy atom. The van der Waals surface area contributed by atoms with E-state index in [1.54, 1.807) is 17.4 Å². The molecular weight excluding hydrogens is 256 g/mol. The van der Waals surface area contributed by atoms with Gasteiger partial charge in [0.25, 0.3) is 0 Å². The van der Waals surface area contributed by atoms with E-state index in [0.29, 0.717) is 11.7 Å². The van der Waals surface area contributed by atoms with Gasteiger partial charge in [0.15, 0.2) is 0 Å². The molecule has 0 fully saturated rings. The molecule has 2 heterocycles. The lowest BCUT2D eigenvalue weighted by Gasteiger charge is -2.06. The lowest BCUT2D eigenvalue weighted by atomic mass is 10.3. The van der Waals surface area contributed by atoms with E-state index in [1.165, 1.54) is 0 Å². The number of hydrogen-bond donors (Lipinski definition) is 1. The van der Waals surface area contributed by atoms with Gasteiger partial charge in [0.05, 0.1) is 17.7 Å². The van der Waals surface area contributed by atoms with Crippen LogP contribution in [0.2, 0.25) is 5.15 Å². The molecule has 0 atom stereocenters. The Morgan fingerprint density at radius 1 is 1.41 bits per heavy atom. The molecule has 0 spiro atoms. The minimum Gasteiger partial charge on any atom is -0.364 e. The van der Waals surface area contributed by atoms with Crippen molar-refractivity contribution in [1.82, 2.24) is 15.0 Å². The summed E-state index contributed by atoms with van der Waals surface area (Å²) in [7, 11) is 0. The number of nitrogens with one attached hydrogen (secondary N) is 1. The average molecular weight is 269 g/mol. The molecule has 0 bridgehead atoms. The molecule has 0 saturated heterocycles. The van der Waals surface area contributed by atoms with Gasteiger partial charge in [-0.25, -0.2) is 15.0 Å². The van der Waals surface area contributed by atoms with E-state index < -0.39 is 0 Å². The van der Waals surface area contributed by atoms with Crippen LogP contribution in [0.15, 0.2) is 17.0 Å². The molecule has 17 heavy (non-hydrogen) atoms. The van der Waals surface area contributed by atoms with Crippen LogP contribution in [0, 0.1) is 0 Å². The van der Waals surface area contributed by atoms with Crippen LogP contribution in [0.25, 0.3) is 0 Å². The molecule has 1 N–H and O–H groups in total. The standard InChI is InChI=1S/C11H13ClN4S/c1-2-3-10-15-9(12)4-11(16-10)13-5-8-6-17-7-14-8/h4,6-7H,2-3,5H2,1H3,(H,13,15,16). The zero-order valence-corrected chi connectivity index (χ0v) is 11.1. The molecule has 0 saturated carbocycles. The molecule has 2 aromatic heterocycles. The lowest BCUT2D eigenvalue weighted by Crippen LogP contribution is -2.04. The molecular formula is C11H13ClN4S. The third-order valence-electron chi connectivity index (χ3n) is 2.15. The van der Waals surface area contributed by atoms with Crippen molar-refractivity contribution < 1.29 is 0 Å². The van der Waals surface area contributed by atoms with E-state index in [9.17, 15) is 0 Å². The third-order valence-corrected chi connectivity index (χ3v) is 2.98. The van der Waals surface area contributed by atoms with Crippen LogP contribution in [0.4, 0.5) is 5.82 Å². The molecule has 90 valence electrons. The van der Waals surface area contributed by atoms with E-state index in [0.717, 1.165) is 30.2 Å². The maximum absolute atomic E-state index is 5.94. The van der Waals surface area contributed by atoms with Gasteiger partial charge in [-0.05, 0) is 6.42 Å². The third kappa shape index (κ3) is 3.64. The minimum atomic E-state index is 0.476. The summed E-state index contributed by atoms with van der Waals surface area (Å²) in [4.78, 5) is 12.8. The fourth-order valence-corrected chi connectivity index (χ4v) is 2.16. The maximum Gasteiger partial charge on any atom is 0.134 e. The van der Waals surface area contributed by atoms with Crippen LogP contribution in [-0.4, -0.2) is 15.0 Å². The minimum absolute atomic E-state index is 0.476. The first-order valence-corrected chi connectivity index (χ1v) is 6.74. The Hall–Kier alpha value is -1.20. The Labute approximate surface area is 109 Å². The number of halogens is 1. The fourth-order valence-electron chi connectivity index (χ4n) is 1.40. The number of thiazole rings is 1. The van der Waals surface area contributed by atoms with Crippen molar-refractivity contribution in [2.75, 3.05) is 5.32 Å². The Bertz CT molecular complexity index is 472. The molecule has 0 amide bonds. The second kappa shape index (κ2) is 5.93. The highest BCUT2D eigenvalue weighted by atomic mass is 35.5. The Kier molecular flexibility index (Phi) is 4.28. The van der Waals surface area contributed by atoms with Crippen LogP contribution in [0.1, 0.15) is 24.9 Å². The summed E-state index contributed by atoms with van der Waals surface area (Å²) in [5.74, 6) is 1.53. The summed E-state index contributed by atoms with van der Waals surface area (Å²) >= 11 is 7.52. The van der Waals surface area contributed by atoms with Gasteiger partial charge in [0.2, 0.25) is 0 Å². The number of nitrogens with zero attached hydrogens (tertiary/aromatic N) is 3. The van der Waals surface area contributed by atoms with Gasteiger partial charge in [-0.15, -0.1) is 11.3 Å². The van der Waals surface area contributed by atoms with E-state index in [4.69, 9.17) is 11.6 Å². The van der Waals surface area contributed by atoms with Gasteiger partial charge >= 0.3 is 0 Å². The molecule has 2 aromatic rings. The van der Waals surface area contributed by atoms with Crippen molar-refractivity contribution in [2.45, 2.75) is 26.3 Å². The molecule has 0 unspecified atom stereocenters. The highest BCUT2D eigenvalue weighted by Gasteiger charge is 2.03. The Morgan fingerprint density at radius 2 is 2.29 bits per heavy atom. The van der Waals surface area contributed by atoms with E-state index in [-0.39, 0.29) is 0 Å². The topological polar surface area (TPSA) is 50.7 Å². The van der Waals surface area contributed by atoms with Crippen LogP contribution < -0.4 is 5.32 Å². The highest BCUT2D eigenvalue weighted by molar-refractivity contribution is 7.07. The SMILES string of the molecule is CCCc1nc(Cl)cc(NCc2cscn2)n1. The normalized spacial score (nSPS) is 10.5. The van der Waals surface area contributed by atoms with Crippen LogP contribution in [0.3, 0.4) is 0 Å². The maximum atomic E-state index is 5.94. The quantitative estimate of drug-likeness (QED) is 0.847. The summed E-state index contributed by atoms with van der Waals surface area (Å²) in [6.07, 6.45) is 1.85. The highest BCUT2D eigenvalue weighted by Crippen LogP contribution is 2.13. The monoisotopic (exact) mass is 268 g/mol. The zero-order valence-electron chi connectivity index (χ0n) is 9.48. The second-order valence-electron chi connectivity index (χ2n) is 3.58. The van der Waals surface area contributed by atoms with Crippen molar-refractivity contribution in [2.24, 2.45) is 0 Å². The number of hydrogen-bond acceptors (Lipinski definition) is 5. The van der Waals surface area contributed by atoms with E-state index in [2.05, 4.69) is 27.2 Å². The largest absolute Gasteiger partial charge is 0.364 e. The van der Waals surface area contributed by atoms with Gasteiger partial charge in [-0.2, -0.15) is 0 Å². The lowest BCUT2D eigenvalue weighted by molar-refractivity contribution is 0.833. The van der Waals surface area contributed by atoms with Crippen molar-refractivity contribution in [3.63, 3.8) is 0 Å². The molecule has 0 aliphatic rings. The molecule has 0 aliphatic carbocycles. The number of anilines is 1. The summed E-state index contributed by atoms with van der Waals surface area (Å²) in [5, 5.41) is 5.67. The molecule has 2 rings (SSSR count). The molecule has 0 aliphatic heterocycles. The first kappa shape index (κ1) is 12.3. The number of rotatable bonds is 5. The van der Waals surface area contributed by atoms with Gasteiger partial charge < -0.3 is 5.32 Å². The first-order chi connectivity index (χ1) is 8.28. The van der Waals surface area contributed by atoms with Crippen LogP contribution >= 0.6 is 22.9 Å². The summed E-state index contributed by atoms with van der Waals surface area (Å²) in [6.45, 7) is 2.75. The van der Waals surface area contributed by atoms with Gasteiger partial charge in [0.1, 0.15) is 16.8 Å². The number of aryl methyl sites for hydroxylation is 1. The van der Waals surface area contributed by atoms with Crippen LogP contribution in [0.5, 0.6) is 0 Å². The molecule has 6 heteroatoms. The van der Waals surface area contributed by atoms with Crippen molar-refractivity contribution in [3.8, 4) is 0 Å². The van der Waals surface area contributed by atoms with Crippen molar-refractivity contribution in [1.29, 1.82) is 0 Å². The predicted molar refractivity (Wildman–Crippen MR) is 70.5 cm³/mol. The van der Waals surface area contributed by atoms with Crippen LogP contribution in [-0.2, 0) is 13.0 Å². The summed E-state index contributed by atoms with van der Waals surface area (Å²) < 4.78 is 0. The number of aromatic nitrogens is 3. The molecule has 0 aromatic carbocycles. The van der Waals surface area contributed by atoms with Gasteiger partial charge in [-0.3, -0.25) is 0 Å². The first-order valence-electron chi connectivity index (χ1n) is 5.42. The van der Waals surface area contributed by atoms with Crippen molar-refractivity contribution >= 4 is 28.8 Å². The van der Waals surface area contributed by atoms with E-state index in [1.807, 2.05) is 10.9 Å². The van der Waals surface area contributed by atoms with Crippen molar-refractivity contribution in [3.05, 3.63) is 33.6 Å². The van der Waals surface area contributed by atoms with Gasteiger partial charge in [0, 0.05) is 17.9 Å². The molecule has 4 nitrogen and oxygen atoms in total.